The normalized spacial score (nSPS) is 21.9. The standard InChI is InChI=1S/C13H19N3O4S.ClH/c1-10-8-12(6-7-14-10)15-21(19,20)9-11-2-4-13(5-3-11)16(17)18;/h2-5,10,12,14-15H,6-9H2,1H3;1H. The molecule has 22 heavy (non-hydrogen) atoms. The minimum absolute atomic E-state index is 0. The molecule has 0 radical (unpaired) electrons. The molecule has 124 valence electrons. The number of nitrogens with zero attached hydrogens (tertiary/aromatic N) is 1. The van der Waals surface area contributed by atoms with Crippen molar-refractivity contribution in [2.24, 2.45) is 0 Å². The van der Waals surface area contributed by atoms with Crippen molar-refractivity contribution in [1.29, 1.82) is 0 Å². The van der Waals surface area contributed by atoms with Gasteiger partial charge in [0, 0.05) is 24.2 Å². The van der Waals surface area contributed by atoms with E-state index in [1.54, 1.807) is 0 Å². The van der Waals surface area contributed by atoms with Crippen LogP contribution in [0.4, 0.5) is 5.69 Å². The summed E-state index contributed by atoms with van der Waals surface area (Å²) in [4.78, 5) is 10.1. The lowest BCUT2D eigenvalue weighted by Gasteiger charge is -2.28. The highest BCUT2D eigenvalue weighted by atomic mass is 35.5. The third-order valence-corrected chi connectivity index (χ3v) is 4.88. The van der Waals surface area contributed by atoms with Crippen LogP contribution in [0.25, 0.3) is 0 Å². The molecule has 9 heteroatoms. The Kier molecular flexibility index (Phi) is 6.73. The average molecular weight is 350 g/mol. The van der Waals surface area contributed by atoms with Crippen LogP contribution < -0.4 is 10.0 Å². The van der Waals surface area contributed by atoms with Crippen LogP contribution in [0.3, 0.4) is 0 Å². The van der Waals surface area contributed by atoms with E-state index in [0.29, 0.717) is 11.6 Å². The Labute approximate surface area is 136 Å². The Balaban J connectivity index is 0.00000242. The number of benzene rings is 1. The molecule has 2 atom stereocenters. The number of nitro groups is 1. The summed E-state index contributed by atoms with van der Waals surface area (Å²) in [6.07, 6.45) is 1.53. The molecule has 1 fully saturated rings. The second-order valence-corrected chi connectivity index (χ2v) is 7.13. The van der Waals surface area contributed by atoms with Gasteiger partial charge in [0.15, 0.2) is 0 Å². The highest BCUT2D eigenvalue weighted by Gasteiger charge is 2.23. The monoisotopic (exact) mass is 349 g/mol. The topological polar surface area (TPSA) is 101 Å². The second kappa shape index (κ2) is 7.87. The number of piperidine rings is 1. The minimum Gasteiger partial charge on any atom is -0.314 e. The van der Waals surface area contributed by atoms with Crippen molar-refractivity contribution in [2.45, 2.75) is 37.6 Å². The molecular formula is C13H20ClN3O4S. The minimum atomic E-state index is -3.44. The van der Waals surface area contributed by atoms with Gasteiger partial charge in [-0.15, -0.1) is 12.4 Å². The van der Waals surface area contributed by atoms with Crippen LogP contribution in [0.1, 0.15) is 25.3 Å². The van der Waals surface area contributed by atoms with Crippen LogP contribution in [0.15, 0.2) is 24.3 Å². The first-order valence-corrected chi connectivity index (χ1v) is 8.48. The van der Waals surface area contributed by atoms with Crippen molar-refractivity contribution >= 4 is 28.1 Å². The van der Waals surface area contributed by atoms with E-state index in [1.165, 1.54) is 24.3 Å². The first-order chi connectivity index (χ1) is 9.85. The first kappa shape index (κ1) is 18.8. The Bertz CT molecular complexity index is 606. The molecule has 1 saturated heterocycles. The number of rotatable bonds is 5. The fourth-order valence-electron chi connectivity index (χ4n) is 2.47. The summed E-state index contributed by atoms with van der Waals surface area (Å²) in [5.74, 6) is -0.163. The Morgan fingerprint density at radius 3 is 2.55 bits per heavy atom. The number of non-ortho nitro benzene ring substituents is 1. The Morgan fingerprint density at radius 1 is 1.36 bits per heavy atom. The molecule has 1 aliphatic rings. The predicted octanol–water partition coefficient (Wildman–Crippen LogP) is 1.58. The van der Waals surface area contributed by atoms with E-state index in [1.807, 2.05) is 6.92 Å². The van der Waals surface area contributed by atoms with Crippen molar-refractivity contribution in [3.05, 3.63) is 39.9 Å². The van der Waals surface area contributed by atoms with E-state index in [9.17, 15) is 18.5 Å². The maximum absolute atomic E-state index is 12.1. The van der Waals surface area contributed by atoms with Gasteiger partial charge in [-0.1, -0.05) is 12.1 Å². The van der Waals surface area contributed by atoms with Gasteiger partial charge in [0.2, 0.25) is 10.0 Å². The molecule has 2 unspecified atom stereocenters. The number of sulfonamides is 1. The van der Waals surface area contributed by atoms with Gasteiger partial charge in [-0.3, -0.25) is 10.1 Å². The number of nitro benzene ring substituents is 1. The summed E-state index contributed by atoms with van der Waals surface area (Å²) in [5, 5.41) is 13.8. The average Bonchev–Trinajstić information content (AvgIpc) is 2.38. The van der Waals surface area contributed by atoms with E-state index < -0.39 is 14.9 Å². The molecule has 1 aliphatic heterocycles. The molecule has 0 aromatic heterocycles. The Hall–Kier alpha value is -1.22. The van der Waals surface area contributed by atoms with Crippen LogP contribution in [0, 0.1) is 10.1 Å². The van der Waals surface area contributed by atoms with Crippen LogP contribution in [-0.4, -0.2) is 32.0 Å². The third-order valence-electron chi connectivity index (χ3n) is 3.47. The van der Waals surface area contributed by atoms with Crippen LogP contribution in [-0.2, 0) is 15.8 Å². The molecule has 0 aliphatic carbocycles. The third kappa shape index (κ3) is 5.53. The van der Waals surface area contributed by atoms with Crippen molar-refractivity contribution in [1.82, 2.24) is 10.0 Å². The van der Waals surface area contributed by atoms with E-state index in [2.05, 4.69) is 10.0 Å². The molecule has 1 aromatic carbocycles. The molecular weight excluding hydrogens is 330 g/mol. The van der Waals surface area contributed by atoms with Crippen molar-refractivity contribution in [2.75, 3.05) is 6.54 Å². The summed E-state index contributed by atoms with van der Waals surface area (Å²) >= 11 is 0. The molecule has 1 aromatic rings. The zero-order valence-corrected chi connectivity index (χ0v) is 13.8. The van der Waals surface area contributed by atoms with Crippen LogP contribution >= 0.6 is 12.4 Å². The molecule has 2 N–H and O–H groups in total. The van der Waals surface area contributed by atoms with E-state index in [-0.39, 0.29) is 29.9 Å². The number of nitrogens with one attached hydrogen (secondary N) is 2. The molecule has 7 nitrogen and oxygen atoms in total. The fourth-order valence-corrected chi connectivity index (χ4v) is 3.90. The second-order valence-electron chi connectivity index (χ2n) is 5.38. The summed E-state index contributed by atoms with van der Waals surface area (Å²) in [7, 11) is -3.44. The van der Waals surface area contributed by atoms with Crippen LogP contribution in [0.2, 0.25) is 0 Å². The van der Waals surface area contributed by atoms with Crippen LogP contribution in [0.5, 0.6) is 0 Å². The van der Waals surface area contributed by atoms with Gasteiger partial charge in [-0.2, -0.15) is 0 Å². The van der Waals surface area contributed by atoms with Gasteiger partial charge in [0.05, 0.1) is 10.7 Å². The van der Waals surface area contributed by atoms with E-state index in [0.717, 1.165) is 19.4 Å². The summed E-state index contributed by atoms with van der Waals surface area (Å²) in [6, 6.07) is 5.83. The lowest BCUT2D eigenvalue weighted by molar-refractivity contribution is -0.384. The number of halogens is 1. The summed E-state index contributed by atoms with van der Waals surface area (Å²) in [6.45, 7) is 2.82. The molecule has 0 bridgehead atoms. The summed E-state index contributed by atoms with van der Waals surface area (Å²) in [5.41, 5.74) is 0.492. The van der Waals surface area contributed by atoms with Crippen molar-refractivity contribution in [3.63, 3.8) is 0 Å². The first-order valence-electron chi connectivity index (χ1n) is 6.82. The van der Waals surface area contributed by atoms with Gasteiger partial charge < -0.3 is 5.32 Å². The number of hydrogen-bond donors (Lipinski definition) is 2. The maximum Gasteiger partial charge on any atom is 0.269 e. The smallest absolute Gasteiger partial charge is 0.269 e. The molecule has 2 rings (SSSR count). The van der Waals surface area contributed by atoms with E-state index >= 15 is 0 Å². The zero-order chi connectivity index (χ0) is 15.5. The lowest BCUT2D eigenvalue weighted by Crippen LogP contribution is -2.46. The maximum atomic E-state index is 12.1. The largest absolute Gasteiger partial charge is 0.314 e. The van der Waals surface area contributed by atoms with E-state index in [4.69, 9.17) is 0 Å². The van der Waals surface area contributed by atoms with Gasteiger partial charge in [-0.25, -0.2) is 13.1 Å². The fraction of sp³-hybridized carbons (Fsp3) is 0.538. The van der Waals surface area contributed by atoms with Crippen molar-refractivity contribution < 1.29 is 13.3 Å². The quantitative estimate of drug-likeness (QED) is 0.620. The highest BCUT2D eigenvalue weighted by Crippen LogP contribution is 2.15. The molecule has 0 spiro atoms. The lowest BCUT2D eigenvalue weighted by atomic mass is 10.0. The van der Waals surface area contributed by atoms with Crippen molar-refractivity contribution in [3.8, 4) is 0 Å². The zero-order valence-electron chi connectivity index (χ0n) is 12.2. The summed E-state index contributed by atoms with van der Waals surface area (Å²) < 4.78 is 27.0. The molecule has 0 amide bonds. The van der Waals surface area contributed by atoms with Gasteiger partial charge >= 0.3 is 0 Å². The molecule has 1 heterocycles. The predicted molar refractivity (Wildman–Crippen MR) is 86.6 cm³/mol. The van der Waals surface area contributed by atoms with Gasteiger partial charge in [0.25, 0.3) is 5.69 Å². The molecule has 0 saturated carbocycles. The number of hydrogen-bond acceptors (Lipinski definition) is 5. The van der Waals surface area contributed by atoms with Gasteiger partial charge in [0.1, 0.15) is 0 Å². The SMILES string of the molecule is CC1CC(NS(=O)(=O)Cc2ccc([N+](=O)[O-])cc2)CCN1.Cl. The highest BCUT2D eigenvalue weighted by molar-refractivity contribution is 7.88. The van der Waals surface area contributed by atoms with Gasteiger partial charge in [-0.05, 0) is 31.9 Å². The Morgan fingerprint density at radius 2 is 2.00 bits per heavy atom.